The van der Waals surface area contributed by atoms with Crippen molar-refractivity contribution in [1.82, 2.24) is 9.80 Å². The highest BCUT2D eigenvalue weighted by molar-refractivity contribution is 6.02. The van der Waals surface area contributed by atoms with Gasteiger partial charge in [0.05, 0.1) is 30.4 Å². The second-order valence-electron chi connectivity index (χ2n) is 11.2. The second kappa shape index (κ2) is 16.3. The van der Waals surface area contributed by atoms with Crippen LogP contribution in [-0.4, -0.2) is 85.0 Å². The molecule has 0 saturated heterocycles. The first-order chi connectivity index (χ1) is 19.7. The SMILES string of the molecule is CCCN(C)C[C@H]1OCCCC[C@@H](C)Oc2ccc(NC(=O)Nc3ccccc3)cc2C(=O)N([C@@H](C)CO)C[C@H]1C. The molecule has 3 N–H and O–H groups in total. The molecule has 0 saturated carbocycles. The van der Waals surface area contributed by atoms with Crippen LogP contribution in [0.15, 0.2) is 48.5 Å². The van der Waals surface area contributed by atoms with Crippen LogP contribution in [0, 0.1) is 5.92 Å². The second-order valence-corrected chi connectivity index (χ2v) is 11.2. The first-order valence-electron chi connectivity index (χ1n) is 14.9. The van der Waals surface area contributed by atoms with Crippen LogP contribution in [0.5, 0.6) is 5.75 Å². The standard InChI is InChI=1S/C32H48N4O5/c1-6-17-35(5)21-30-23(2)20-36(24(3)22-37)31(38)28-19-27(34-32(39)33-26-13-8-7-9-14-26)15-16-29(28)41-25(4)12-10-11-18-40-30/h7-9,13-16,19,23-25,30,37H,6,10-12,17-18,20-22H2,1-5H3,(H2,33,34,39)/t23-,24+,25-,30-/m1/s1. The van der Waals surface area contributed by atoms with Crippen LogP contribution in [-0.2, 0) is 4.74 Å². The third kappa shape index (κ3) is 10.0. The van der Waals surface area contributed by atoms with Gasteiger partial charge >= 0.3 is 6.03 Å². The molecule has 3 amide bonds. The number of likely N-dealkylation sites (N-methyl/N-ethyl adjacent to an activating group) is 1. The zero-order valence-electron chi connectivity index (χ0n) is 25.3. The number of fused-ring (bicyclic) bond motifs is 1. The molecule has 9 nitrogen and oxygen atoms in total. The molecule has 0 fully saturated rings. The molecular weight excluding hydrogens is 520 g/mol. The average molecular weight is 569 g/mol. The van der Waals surface area contributed by atoms with Crippen molar-refractivity contribution in [2.45, 2.75) is 71.6 Å². The number of anilines is 2. The van der Waals surface area contributed by atoms with Gasteiger partial charge in [0.15, 0.2) is 0 Å². The van der Waals surface area contributed by atoms with E-state index in [4.69, 9.17) is 9.47 Å². The molecule has 0 aromatic heterocycles. The molecule has 9 heteroatoms. The van der Waals surface area contributed by atoms with Gasteiger partial charge in [-0.25, -0.2) is 4.79 Å². The summed E-state index contributed by atoms with van der Waals surface area (Å²) in [5.74, 6) is 0.230. The van der Waals surface area contributed by atoms with E-state index in [0.29, 0.717) is 35.8 Å². The molecule has 0 unspecified atom stereocenters. The van der Waals surface area contributed by atoms with Crippen molar-refractivity contribution in [1.29, 1.82) is 0 Å². The quantitative estimate of drug-likeness (QED) is 0.390. The van der Waals surface area contributed by atoms with E-state index < -0.39 is 12.1 Å². The van der Waals surface area contributed by atoms with Crippen molar-refractivity contribution in [3.63, 3.8) is 0 Å². The van der Waals surface area contributed by atoms with Crippen LogP contribution in [0.1, 0.15) is 63.7 Å². The van der Waals surface area contributed by atoms with Crippen LogP contribution < -0.4 is 15.4 Å². The minimum Gasteiger partial charge on any atom is -0.490 e. The normalized spacial score (nSPS) is 21.4. The lowest BCUT2D eigenvalue weighted by atomic mass is 10.0. The van der Waals surface area contributed by atoms with Gasteiger partial charge in [-0.05, 0) is 83.5 Å². The largest absolute Gasteiger partial charge is 0.490 e. The van der Waals surface area contributed by atoms with Gasteiger partial charge in [-0.2, -0.15) is 0 Å². The Morgan fingerprint density at radius 1 is 1.12 bits per heavy atom. The Balaban J connectivity index is 1.92. The molecule has 1 aliphatic heterocycles. The maximum Gasteiger partial charge on any atom is 0.323 e. The number of amides is 3. The van der Waals surface area contributed by atoms with Crippen LogP contribution in [0.25, 0.3) is 0 Å². The van der Waals surface area contributed by atoms with Crippen molar-refractivity contribution in [2.24, 2.45) is 5.92 Å². The first kappa shape index (κ1) is 32.4. The number of para-hydroxylation sites is 1. The Hall–Kier alpha value is -3.14. The maximum absolute atomic E-state index is 14.2. The monoisotopic (exact) mass is 568 g/mol. The van der Waals surface area contributed by atoms with Crippen LogP contribution in [0.4, 0.5) is 16.2 Å². The molecule has 0 spiro atoms. The number of hydrogen-bond donors (Lipinski definition) is 3. The summed E-state index contributed by atoms with van der Waals surface area (Å²) in [6.07, 6.45) is 3.58. The van der Waals surface area contributed by atoms with Crippen molar-refractivity contribution in [3.8, 4) is 5.75 Å². The zero-order chi connectivity index (χ0) is 29.8. The minimum absolute atomic E-state index is 0.0245. The molecule has 2 aromatic carbocycles. The van der Waals surface area contributed by atoms with E-state index in [1.807, 2.05) is 32.0 Å². The fourth-order valence-electron chi connectivity index (χ4n) is 5.06. The lowest BCUT2D eigenvalue weighted by Crippen LogP contribution is -2.47. The van der Waals surface area contributed by atoms with Crippen molar-refractivity contribution >= 4 is 23.3 Å². The van der Waals surface area contributed by atoms with E-state index >= 15 is 0 Å². The number of ether oxygens (including phenoxy) is 2. The summed E-state index contributed by atoms with van der Waals surface area (Å²) in [5, 5.41) is 15.8. The number of nitrogens with one attached hydrogen (secondary N) is 2. The van der Waals surface area contributed by atoms with Gasteiger partial charge in [0, 0.05) is 37.0 Å². The Morgan fingerprint density at radius 3 is 2.56 bits per heavy atom. The Labute approximate surface area is 245 Å². The number of aliphatic hydroxyl groups excluding tert-OH is 1. The van der Waals surface area contributed by atoms with Gasteiger partial charge in [0.25, 0.3) is 5.91 Å². The molecule has 0 bridgehead atoms. The van der Waals surface area contributed by atoms with Crippen LogP contribution in [0.3, 0.4) is 0 Å². The summed E-state index contributed by atoms with van der Waals surface area (Å²) in [6.45, 7) is 10.7. The Bertz CT molecular complexity index is 1100. The molecule has 3 rings (SSSR count). The lowest BCUT2D eigenvalue weighted by molar-refractivity contribution is -0.0167. The number of benzene rings is 2. The lowest BCUT2D eigenvalue weighted by Gasteiger charge is -2.35. The van der Waals surface area contributed by atoms with Gasteiger partial charge in [0.2, 0.25) is 0 Å². The number of carbonyl (C=O) groups excluding carboxylic acids is 2. The number of carbonyl (C=O) groups is 2. The highest BCUT2D eigenvalue weighted by Gasteiger charge is 2.30. The van der Waals surface area contributed by atoms with Crippen molar-refractivity contribution < 1.29 is 24.2 Å². The van der Waals surface area contributed by atoms with E-state index in [1.165, 1.54) is 0 Å². The van der Waals surface area contributed by atoms with E-state index in [1.54, 1.807) is 35.2 Å². The summed E-state index contributed by atoms with van der Waals surface area (Å²) in [6, 6.07) is 13.5. The van der Waals surface area contributed by atoms with Gasteiger partial charge in [-0.1, -0.05) is 32.0 Å². The summed E-state index contributed by atoms with van der Waals surface area (Å²) >= 11 is 0. The molecule has 1 aliphatic rings. The third-order valence-electron chi connectivity index (χ3n) is 7.44. The van der Waals surface area contributed by atoms with E-state index in [-0.39, 0.29) is 30.6 Å². The molecule has 0 aliphatic carbocycles. The number of aliphatic hydroxyl groups is 1. The van der Waals surface area contributed by atoms with Gasteiger partial charge in [-0.3, -0.25) is 4.79 Å². The van der Waals surface area contributed by atoms with Crippen molar-refractivity contribution in [2.75, 3.05) is 50.5 Å². The number of rotatable bonds is 8. The number of hydrogen-bond acceptors (Lipinski definition) is 6. The summed E-state index contributed by atoms with van der Waals surface area (Å²) in [5.41, 5.74) is 1.48. The predicted octanol–water partition coefficient (Wildman–Crippen LogP) is 5.47. The van der Waals surface area contributed by atoms with E-state index in [2.05, 4.69) is 36.4 Å². The number of urea groups is 1. The predicted molar refractivity (Wildman–Crippen MR) is 164 cm³/mol. The average Bonchev–Trinajstić information content (AvgIpc) is 2.95. The van der Waals surface area contributed by atoms with Gasteiger partial charge in [0.1, 0.15) is 5.75 Å². The third-order valence-corrected chi connectivity index (χ3v) is 7.44. The van der Waals surface area contributed by atoms with E-state index in [0.717, 1.165) is 38.8 Å². The Morgan fingerprint density at radius 2 is 1.85 bits per heavy atom. The molecule has 226 valence electrons. The maximum atomic E-state index is 14.2. The highest BCUT2D eigenvalue weighted by atomic mass is 16.5. The molecule has 1 heterocycles. The summed E-state index contributed by atoms with van der Waals surface area (Å²) in [7, 11) is 2.10. The molecule has 0 radical (unpaired) electrons. The molecular formula is C32H48N4O5. The molecule has 4 atom stereocenters. The molecule has 2 aromatic rings. The molecule has 41 heavy (non-hydrogen) atoms. The fourth-order valence-corrected chi connectivity index (χ4v) is 5.06. The fraction of sp³-hybridized carbons (Fsp3) is 0.562. The minimum atomic E-state index is -0.421. The smallest absolute Gasteiger partial charge is 0.323 e. The van der Waals surface area contributed by atoms with Crippen molar-refractivity contribution in [3.05, 3.63) is 54.1 Å². The van der Waals surface area contributed by atoms with Crippen LogP contribution in [0.2, 0.25) is 0 Å². The topological polar surface area (TPSA) is 103 Å². The van der Waals surface area contributed by atoms with Gasteiger partial charge < -0.3 is 35.0 Å². The first-order valence-corrected chi connectivity index (χ1v) is 14.9. The summed E-state index contributed by atoms with van der Waals surface area (Å²) in [4.78, 5) is 30.8. The summed E-state index contributed by atoms with van der Waals surface area (Å²) < 4.78 is 12.7. The highest BCUT2D eigenvalue weighted by Crippen LogP contribution is 2.28. The Kier molecular flexibility index (Phi) is 12.9. The zero-order valence-corrected chi connectivity index (χ0v) is 25.3. The van der Waals surface area contributed by atoms with E-state index in [9.17, 15) is 14.7 Å². The van der Waals surface area contributed by atoms with Crippen LogP contribution >= 0.6 is 0 Å². The number of nitrogens with zero attached hydrogens (tertiary/aromatic N) is 2. The van der Waals surface area contributed by atoms with Gasteiger partial charge in [-0.15, -0.1) is 0 Å².